The highest BCUT2D eigenvalue weighted by atomic mass is 16.2. The van der Waals surface area contributed by atoms with Crippen molar-refractivity contribution in [1.29, 1.82) is 0 Å². The van der Waals surface area contributed by atoms with Crippen molar-refractivity contribution < 1.29 is 4.79 Å². The van der Waals surface area contributed by atoms with Gasteiger partial charge in [-0.15, -0.1) is 0 Å². The molecule has 1 fully saturated rings. The van der Waals surface area contributed by atoms with Crippen LogP contribution in [-0.4, -0.2) is 53.5 Å². The lowest BCUT2D eigenvalue weighted by atomic mass is 10.0. The molecule has 1 amide bonds. The first-order valence-corrected chi connectivity index (χ1v) is 6.94. The third-order valence-corrected chi connectivity index (χ3v) is 3.96. The second-order valence-corrected chi connectivity index (χ2v) is 5.43. The molecule has 0 bridgehead atoms. The van der Waals surface area contributed by atoms with Crippen molar-refractivity contribution in [3.05, 3.63) is 18.0 Å². The molecule has 1 saturated heterocycles. The van der Waals surface area contributed by atoms with Crippen LogP contribution in [0, 0.1) is 0 Å². The van der Waals surface area contributed by atoms with Gasteiger partial charge in [-0.3, -0.25) is 4.79 Å². The maximum Gasteiger partial charge on any atom is 0.270 e. The number of aromatic nitrogens is 1. The van der Waals surface area contributed by atoms with Gasteiger partial charge in [0, 0.05) is 31.9 Å². The average Bonchev–Trinajstić information content (AvgIpc) is 2.79. The molecule has 2 N–H and O–H groups in total. The summed E-state index contributed by atoms with van der Waals surface area (Å²) in [5, 5.41) is 0. The first-order chi connectivity index (χ1) is 9.02. The van der Waals surface area contributed by atoms with Crippen LogP contribution in [0.25, 0.3) is 0 Å². The summed E-state index contributed by atoms with van der Waals surface area (Å²) < 4.78 is 1.93. The SMILES string of the molecule is CCn1cc(N)cc1C(=O)N1CCC(N(C)C)CC1. The zero-order chi connectivity index (χ0) is 14.0. The summed E-state index contributed by atoms with van der Waals surface area (Å²) in [6, 6.07) is 2.37. The smallest absolute Gasteiger partial charge is 0.270 e. The number of likely N-dealkylation sites (tertiary alicyclic amines) is 1. The molecule has 5 nitrogen and oxygen atoms in total. The number of piperidine rings is 1. The second-order valence-electron chi connectivity index (χ2n) is 5.43. The molecule has 0 aromatic carbocycles. The summed E-state index contributed by atoms with van der Waals surface area (Å²) in [5.74, 6) is 0.107. The Balaban J connectivity index is 2.05. The number of hydrogen-bond donors (Lipinski definition) is 1. The molecular weight excluding hydrogens is 240 g/mol. The average molecular weight is 264 g/mol. The highest BCUT2D eigenvalue weighted by molar-refractivity contribution is 5.93. The normalized spacial score (nSPS) is 17.2. The van der Waals surface area contributed by atoms with E-state index >= 15 is 0 Å². The number of nitrogens with zero attached hydrogens (tertiary/aromatic N) is 3. The van der Waals surface area contributed by atoms with Crippen molar-refractivity contribution in [3.63, 3.8) is 0 Å². The molecule has 0 saturated carbocycles. The van der Waals surface area contributed by atoms with E-state index in [2.05, 4.69) is 19.0 Å². The number of aryl methyl sites for hydroxylation is 1. The summed E-state index contributed by atoms with van der Waals surface area (Å²) in [6.45, 7) is 4.45. The Hall–Kier alpha value is -1.49. The molecule has 5 heteroatoms. The van der Waals surface area contributed by atoms with Crippen molar-refractivity contribution in [1.82, 2.24) is 14.4 Å². The van der Waals surface area contributed by atoms with Gasteiger partial charge in [-0.2, -0.15) is 0 Å². The number of carbonyl (C=O) groups excluding carboxylic acids is 1. The van der Waals surface area contributed by atoms with Crippen LogP contribution in [-0.2, 0) is 6.54 Å². The van der Waals surface area contributed by atoms with Crippen LogP contribution in [0.15, 0.2) is 12.3 Å². The number of anilines is 1. The maximum atomic E-state index is 12.5. The van der Waals surface area contributed by atoms with Crippen LogP contribution >= 0.6 is 0 Å². The summed E-state index contributed by atoms with van der Waals surface area (Å²) in [6.07, 6.45) is 3.92. The number of nitrogen functional groups attached to an aromatic ring is 1. The molecule has 0 radical (unpaired) electrons. The van der Waals surface area contributed by atoms with Gasteiger partial charge in [0.05, 0.1) is 5.69 Å². The predicted octanol–water partition coefficient (Wildman–Crippen LogP) is 1.26. The molecule has 0 unspecified atom stereocenters. The fourth-order valence-electron chi connectivity index (χ4n) is 2.72. The van der Waals surface area contributed by atoms with E-state index < -0.39 is 0 Å². The Morgan fingerprint density at radius 2 is 2.05 bits per heavy atom. The quantitative estimate of drug-likeness (QED) is 0.894. The van der Waals surface area contributed by atoms with Gasteiger partial charge in [0.25, 0.3) is 5.91 Å². The van der Waals surface area contributed by atoms with E-state index in [1.807, 2.05) is 22.6 Å². The summed E-state index contributed by atoms with van der Waals surface area (Å²) >= 11 is 0. The van der Waals surface area contributed by atoms with Gasteiger partial charge in [0.1, 0.15) is 5.69 Å². The van der Waals surface area contributed by atoms with E-state index in [0.717, 1.165) is 32.5 Å². The summed E-state index contributed by atoms with van der Waals surface area (Å²) in [4.78, 5) is 16.7. The largest absolute Gasteiger partial charge is 0.397 e. The molecule has 0 spiro atoms. The number of rotatable bonds is 3. The van der Waals surface area contributed by atoms with Crippen LogP contribution in [0.2, 0.25) is 0 Å². The van der Waals surface area contributed by atoms with Crippen LogP contribution < -0.4 is 5.73 Å². The Bertz CT molecular complexity index is 444. The molecule has 106 valence electrons. The summed E-state index contributed by atoms with van der Waals surface area (Å²) in [5.41, 5.74) is 7.16. The predicted molar refractivity (Wildman–Crippen MR) is 77.1 cm³/mol. The van der Waals surface area contributed by atoms with E-state index in [1.54, 1.807) is 6.07 Å². The van der Waals surface area contributed by atoms with Crippen LogP contribution in [0.3, 0.4) is 0 Å². The van der Waals surface area contributed by atoms with Gasteiger partial charge < -0.3 is 20.1 Å². The zero-order valence-corrected chi connectivity index (χ0v) is 12.1. The van der Waals surface area contributed by atoms with Crippen molar-refractivity contribution >= 4 is 11.6 Å². The van der Waals surface area contributed by atoms with Gasteiger partial charge in [-0.1, -0.05) is 0 Å². The zero-order valence-electron chi connectivity index (χ0n) is 12.1. The highest BCUT2D eigenvalue weighted by Crippen LogP contribution is 2.18. The van der Waals surface area contributed by atoms with Gasteiger partial charge in [0.15, 0.2) is 0 Å². The van der Waals surface area contributed by atoms with Gasteiger partial charge >= 0.3 is 0 Å². The Morgan fingerprint density at radius 3 is 2.58 bits per heavy atom. The Morgan fingerprint density at radius 1 is 1.42 bits per heavy atom. The fourth-order valence-corrected chi connectivity index (χ4v) is 2.72. The second kappa shape index (κ2) is 5.65. The lowest BCUT2D eigenvalue weighted by molar-refractivity contribution is 0.0653. The molecule has 1 aromatic rings. The minimum Gasteiger partial charge on any atom is -0.397 e. The standard InChI is InChI=1S/C14H24N4O/c1-4-17-10-11(15)9-13(17)14(19)18-7-5-12(6-8-18)16(2)3/h9-10,12H,4-8,15H2,1-3H3. The van der Waals surface area contributed by atoms with Crippen molar-refractivity contribution in [2.75, 3.05) is 32.9 Å². The molecule has 1 aliphatic rings. The molecule has 1 aromatic heterocycles. The first kappa shape index (κ1) is 13.9. The lowest BCUT2D eigenvalue weighted by Crippen LogP contribution is -2.44. The highest BCUT2D eigenvalue weighted by Gasteiger charge is 2.26. The monoisotopic (exact) mass is 264 g/mol. The molecule has 2 rings (SSSR count). The topological polar surface area (TPSA) is 54.5 Å². The van der Waals surface area contributed by atoms with E-state index in [4.69, 9.17) is 5.73 Å². The van der Waals surface area contributed by atoms with Crippen molar-refractivity contribution in [3.8, 4) is 0 Å². The number of carbonyl (C=O) groups is 1. The first-order valence-electron chi connectivity index (χ1n) is 6.94. The molecule has 2 heterocycles. The third kappa shape index (κ3) is 2.92. The van der Waals surface area contributed by atoms with Crippen LogP contribution in [0.5, 0.6) is 0 Å². The van der Waals surface area contributed by atoms with Crippen LogP contribution in [0.4, 0.5) is 5.69 Å². The third-order valence-electron chi connectivity index (χ3n) is 3.96. The Labute approximate surface area is 115 Å². The fraction of sp³-hybridized carbons (Fsp3) is 0.643. The molecular formula is C14H24N4O. The van der Waals surface area contributed by atoms with E-state index in [9.17, 15) is 4.79 Å². The lowest BCUT2D eigenvalue weighted by Gasteiger charge is -2.35. The van der Waals surface area contributed by atoms with Gasteiger partial charge in [-0.25, -0.2) is 0 Å². The van der Waals surface area contributed by atoms with Crippen molar-refractivity contribution in [2.45, 2.75) is 32.4 Å². The maximum absolute atomic E-state index is 12.5. The molecule has 0 aliphatic carbocycles. The van der Waals surface area contributed by atoms with E-state index in [1.165, 1.54) is 0 Å². The molecule has 0 atom stereocenters. The number of nitrogens with two attached hydrogens (primary N) is 1. The molecule has 19 heavy (non-hydrogen) atoms. The minimum absolute atomic E-state index is 0.107. The van der Waals surface area contributed by atoms with E-state index in [0.29, 0.717) is 17.4 Å². The van der Waals surface area contributed by atoms with Gasteiger partial charge in [0.2, 0.25) is 0 Å². The number of hydrogen-bond acceptors (Lipinski definition) is 3. The van der Waals surface area contributed by atoms with Gasteiger partial charge in [-0.05, 0) is 39.9 Å². The minimum atomic E-state index is 0.107. The molecule has 1 aliphatic heterocycles. The summed E-state index contributed by atoms with van der Waals surface area (Å²) in [7, 11) is 4.20. The van der Waals surface area contributed by atoms with E-state index in [-0.39, 0.29) is 5.91 Å². The van der Waals surface area contributed by atoms with Crippen LogP contribution in [0.1, 0.15) is 30.3 Å². The Kier molecular flexibility index (Phi) is 4.14. The number of amides is 1. The van der Waals surface area contributed by atoms with Crippen molar-refractivity contribution in [2.24, 2.45) is 0 Å².